The minimum atomic E-state index is 0.494. The number of hydrogen-bond acceptors (Lipinski definition) is 9. The van der Waals surface area contributed by atoms with Gasteiger partial charge in [-0.3, -0.25) is 0 Å². The van der Waals surface area contributed by atoms with Crippen molar-refractivity contribution < 1.29 is 0 Å². The third kappa shape index (κ3) is 9.79. The molecule has 0 radical (unpaired) electrons. The van der Waals surface area contributed by atoms with Crippen molar-refractivity contribution in [2.75, 3.05) is 0 Å². The molecule has 430 valence electrons. The minimum absolute atomic E-state index is 0.494. The lowest BCUT2D eigenvalue weighted by molar-refractivity contribution is 1.06. The maximum atomic E-state index is 5.48. The van der Waals surface area contributed by atoms with E-state index in [9.17, 15) is 0 Å². The smallest absolute Gasteiger partial charge is 0.166 e. The van der Waals surface area contributed by atoms with Crippen LogP contribution >= 0.6 is 0 Å². The quantitative estimate of drug-likeness (QED) is 0.118. The van der Waals surface area contributed by atoms with E-state index in [1.807, 2.05) is 182 Å². The van der Waals surface area contributed by atoms with Crippen LogP contribution in [-0.2, 0) is 0 Å². The number of fused-ring (bicyclic) bond motifs is 6. The fourth-order valence-corrected chi connectivity index (χ4v) is 12.5. The third-order valence-electron chi connectivity index (χ3n) is 16.9. The first-order valence-electron chi connectivity index (χ1n) is 30.5. The van der Waals surface area contributed by atoms with Gasteiger partial charge in [0.05, 0.1) is 27.8 Å². The average Bonchev–Trinajstić information content (AvgIpc) is 1.57. The van der Waals surface area contributed by atoms with Crippen molar-refractivity contribution in [2.24, 2.45) is 0 Å². The Morgan fingerprint density at radius 1 is 0.174 bits per heavy atom. The molecular weight excluding hydrogens is 1130 g/mol. The molecule has 0 atom stereocenters. The van der Waals surface area contributed by atoms with Crippen LogP contribution in [0.5, 0.6) is 0 Å². The highest BCUT2D eigenvalue weighted by Crippen LogP contribution is 2.43. The summed E-state index contributed by atoms with van der Waals surface area (Å²) in [6.07, 6.45) is 0. The molecule has 17 aromatic rings. The second-order valence-electron chi connectivity index (χ2n) is 22.6. The molecule has 5 aromatic heterocycles. The van der Waals surface area contributed by atoms with Gasteiger partial charge in [-0.05, 0) is 65.7 Å². The Hall–Kier alpha value is -12.7. The lowest BCUT2D eigenvalue weighted by atomic mass is 9.99. The van der Waals surface area contributed by atoms with Crippen molar-refractivity contribution >= 4 is 43.6 Å². The Morgan fingerprint density at radius 2 is 0.478 bits per heavy atom. The topological polar surface area (TPSA) is 126 Å². The fraction of sp³-hybridized carbons (Fsp3) is 0. The Balaban J connectivity index is 0.950. The van der Waals surface area contributed by atoms with Crippen LogP contribution in [0.15, 0.2) is 309 Å². The summed E-state index contributed by atoms with van der Waals surface area (Å²) in [5, 5.41) is 4.31. The highest BCUT2D eigenvalue weighted by atomic mass is 15.1. The summed E-state index contributed by atoms with van der Waals surface area (Å²) in [6, 6.07) is 106. The lowest BCUT2D eigenvalue weighted by Gasteiger charge is -2.17. The summed E-state index contributed by atoms with van der Waals surface area (Å²) in [5.41, 5.74) is 15.6. The average molecular weight is 1180 g/mol. The van der Waals surface area contributed by atoms with Gasteiger partial charge in [-0.1, -0.05) is 255 Å². The van der Waals surface area contributed by atoms with Crippen molar-refractivity contribution in [3.63, 3.8) is 0 Å². The SMILES string of the molecule is c1ccc(-c2nc(-c3ccccc3)nc(-c3ccc4c5ccc(-c6nc(-c7ccccc7)nc(-c7ccccc7)n6)cc5n(-c5ccc(-c6ccc7c(c6)c6ccccc6n7-c6ccccc6)cc5-c5nc(-c6ccccc6)nc(-c6ccccc6)n5)c4c3)n2)cc1. The molecule has 17 rings (SSSR count). The van der Waals surface area contributed by atoms with Crippen LogP contribution < -0.4 is 0 Å². The van der Waals surface area contributed by atoms with E-state index in [-0.39, 0.29) is 0 Å². The predicted molar refractivity (Wildman–Crippen MR) is 370 cm³/mol. The van der Waals surface area contributed by atoms with Crippen molar-refractivity contribution in [1.29, 1.82) is 0 Å². The Labute approximate surface area is 529 Å². The molecule has 0 fully saturated rings. The number of para-hydroxylation sites is 2. The summed E-state index contributed by atoms with van der Waals surface area (Å²) in [4.78, 5) is 47.3. The molecule has 0 spiro atoms. The molecule has 0 aliphatic heterocycles. The van der Waals surface area contributed by atoms with Gasteiger partial charge in [-0.2, -0.15) is 0 Å². The van der Waals surface area contributed by atoms with Crippen LogP contribution in [0.4, 0.5) is 0 Å². The molecule has 0 unspecified atom stereocenters. The molecule has 0 saturated carbocycles. The molecule has 92 heavy (non-hydrogen) atoms. The van der Waals surface area contributed by atoms with Crippen molar-refractivity contribution in [1.82, 2.24) is 54.0 Å². The predicted octanol–water partition coefficient (Wildman–Crippen LogP) is 19.1. The largest absolute Gasteiger partial charge is 0.309 e. The van der Waals surface area contributed by atoms with Crippen molar-refractivity contribution in [2.45, 2.75) is 0 Å². The van der Waals surface area contributed by atoms with Gasteiger partial charge in [0.2, 0.25) is 0 Å². The van der Waals surface area contributed by atoms with Crippen LogP contribution in [0.2, 0.25) is 0 Å². The molecule has 0 aliphatic rings. The van der Waals surface area contributed by atoms with E-state index in [1.165, 1.54) is 0 Å². The van der Waals surface area contributed by atoms with Gasteiger partial charge in [0.15, 0.2) is 52.4 Å². The van der Waals surface area contributed by atoms with Crippen LogP contribution in [0, 0.1) is 0 Å². The van der Waals surface area contributed by atoms with Gasteiger partial charge in [-0.15, -0.1) is 0 Å². The molecule has 0 N–H and O–H groups in total. The van der Waals surface area contributed by atoms with Crippen LogP contribution in [0.25, 0.3) is 169 Å². The van der Waals surface area contributed by atoms with E-state index in [4.69, 9.17) is 44.9 Å². The summed E-state index contributed by atoms with van der Waals surface area (Å²) in [7, 11) is 0. The molecule has 12 aromatic carbocycles. The number of hydrogen-bond donors (Lipinski definition) is 0. The summed E-state index contributed by atoms with van der Waals surface area (Å²) in [5.74, 6) is 4.92. The zero-order valence-electron chi connectivity index (χ0n) is 49.4. The van der Waals surface area contributed by atoms with Crippen molar-refractivity contribution in [3.05, 3.63) is 309 Å². The summed E-state index contributed by atoms with van der Waals surface area (Å²) in [6.45, 7) is 0. The van der Waals surface area contributed by atoms with Crippen LogP contribution in [0.1, 0.15) is 0 Å². The first kappa shape index (κ1) is 53.5. The van der Waals surface area contributed by atoms with Gasteiger partial charge in [0, 0.05) is 77.3 Å². The lowest BCUT2D eigenvalue weighted by Crippen LogP contribution is -2.04. The summed E-state index contributed by atoms with van der Waals surface area (Å²) >= 11 is 0. The highest BCUT2D eigenvalue weighted by molar-refractivity contribution is 6.12. The molecule has 11 heteroatoms. The molecule has 0 amide bonds. The normalized spacial score (nSPS) is 11.5. The molecular formula is C81H51N11. The van der Waals surface area contributed by atoms with Gasteiger partial charge in [0.25, 0.3) is 0 Å². The highest BCUT2D eigenvalue weighted by Gasteiger charge is 2.24. The fourth-order valence-electron chi connectivity index (χ4n) is 12.5. The Bertz CT molecular complexity index is 5250. The number of rotatable bonds is 12. The first-order valence-corrected chi connectivity index (χ1v) is 30.5. The number of benzene rings is 12. The van der Waals surface area contributed by atoms with Gasteiger partial charge >= 0.3 is 0 Å². The maximum Gasteiger partial charge on any atom is 0.166 e. The first-order chi connectivity index (χ1) is 45.6. The van der Waals surface area contributed by atoms with Crippen molar-refractivity contribution in [3.8, 4) is 125 Å². The van der Waals surface area contributed by atoms with E-state index in [2.05, 4.69) is 137 Å². The molecule has 11 nitrogen and oxygen atoms in total. The maximum absolute atomic E-state index is 5.48. The van der Waals surface area contributed by atoms with Crippen LogP contribution in [0.3, 0.4) is 0 Å². The van der Waals surface area contributed by atoms with Crippen LogP contribution in [-0.4, -0.2) is 54.0 Å². The van der Waals surface area contributed by atoms with Gasteiger partial charge < -0.3 is 9.13 Å². The third-order valence-corrected chi connectivity index (χ3v) is 16.9. The van der Waals surface area contributed by atoms with E-state index in [1.54, 1.807) is 0 Å². The molecule has 0 saturated heterocycles. The minimum Gasteiger partial charge on any atom is -0.309 e. The van der Waals surface area contributed by atoms with Gasteiger partial charge in [0.1, 0.15) is 0 Å². The zero-order chi connectivity index (χ0) is 60.9. The molecule has 0 bridgehead atoms. The van der Waals surface area contributed by atoms with E-state index < -0.39 is 0 Å². The summed E-state index contributed by atoms with van der Waals surface area (Å²) < 4.78 is 4.68. The second kappa shape index (κ2) is 22.8. The second-order valence-corrected chi connectivity index (χ2v) is 22.6. The number of aromatic nitrogens is 11. The standard InChI is InChI=1S/C81H51N11/c1-8-24-52(25-9-1)73-82-74(53-26-10-2-11-27-53)86-79(85-73)60-40-44-64-65-45-41-61(80-87-75(54-28-12-3-13-29-54)83-76(88-80)55-30-14-4-15-31-55)51-72(65)92(71(64)50-60)70-47-43-59(58-42-46-69-66(48-58)63-38-22-23-39-68(63)91(69)62-36-20-7-21-37-62)49-67(70)81-89-77(56-32-16-5-17-33-56)84-78(90-81)57-34-18-6-19-35-57/h1-51H. The van der Waals surface area contributed by atoms with E-state index in [0.29, 0.717) is 52.4 Å². The number of nitrogens with zero attached hydrogens (tertiary/aromatic N) is 11. The Morgan fingerprint density at radius 3 is 0.891 bits per heavy atom. The van der Waals surface area contributed by atoms with E-state index >= 15 is 0 Å². The molecule has 0 aliphatic carbocycles. The Kier molecular flexibility index (Phi) is 13.2. The van der Waals surface area contributed by atoms with Gasteiger partial charge in [-0.25, -0.2) is 44.9 Å². The zero-order valence-corrected chi connectivity index (χ0v) is 49.4. The van der Waals surface area contributed by atoms with E-state index in [0.717, 1.165) is 116 Å². The monoisotopic (exact) mass is 1180 g/mol. The molecule has 5 heterocycles.